The minimum atomic E-state index is -0.487. The smallest absolute Gasteiger partial charge is 0.331 e. The number of likely N-dealkylation sites (tertiary alicyclic amines) is 1. The number of hydrogen-bond donors (Lipinski definition) is 0. The third-order valence-electron chi connectivity index (χ3n) is 2.51. The molecule has 0 radical (unpaired) electrons. The number of esters is 1. The van der Waals surface area contributed by atoms with Gasteiger partial charge in [-0.2, -0.15) is 0 Å². The molecule has 0 saturated carbocycles. The van der Waals surface area contributed by atoms with Gasteiger partial charge in [0.05, 0.1) is 20.1 Å². The van der Waals surface area contributed by atoms with Gasteiger partial charge in [-0.05, 0) is 13.0 Å². The fraction of sp³-hybridized carbons (Fsp3) is 0.500. The lowest BCUT2D eigenvalue weighted by molar-refractivity contribution is -0.142. The van der Waals surface area contributed by atoms with E-state index in [1.54, 1.807) is 4.90 Å². The maximum atomic E-state index is 11.4. The molecule has 0 spiro atoms. The molecule has 1 aliphatic heterocycles. The highest BCUT2D eigenvalue weighted by Crippen LogP contribution is 2.14. The molecular formula is C12H17NO4. The standard InChI is InChI=1S/C12H17NO4/c1-4-13-8-10(7-11(13)14)17-12(15)6-5-9(2)16-3/h5-6,10H,2,4,7-8H2,1,3H3/b6-5+. The number of ether oxygens (including phenoxy) is 2. The number of likely N-dealkylation sites (N-methyl/N-ethyl adjacent to an activating group) is 1. The lowest BCUT2D eigenvalue weighted by Crippen LogP contribution is -2.26. The van der Waals surface area contributed by atoms with Crippen LogP contribution in [0.1, 0.15) is 13.3 Å². The van der Waals surface area contributed by atoms with Gasteiger partial charge in [0, 0.05) is 12.6 Å². The van der Waals surface area contributed by atoms with Crippen molar-refractivity contribution in [3.05, 3.63) is 24.5 Å². The van der Waals surface area contributed by atoms with Crippen LogP contribution in [-0.2, 0) is 19.1 Å². The molecule has 0 aromatic carbocycles. The summed E-state index contributed by atoms with van der Waals surface area (Å²) in [5, 5.41) is 0. The Bertz CT molecular complexity index is 348. The molecule has 1 aliphatic rings. The first-order valence-corrected chi connectivity index (χ1v) is 5.46. The molecule has 17 heavy (non-hydrogen) atoms. The molecule has 0 bridgehead atoms. The van der Waals surface area contributed by atoms with Crippen LogP contribution in [0.5, 0.6) is 0 Å². The van der Waals surface area contributed by atoms with Crippen LogP contribution in [0, 0.1) is 0 Å². The zero-order valence-electron chi connectivity index (χ0n) is 10.1. The molecule has 1 amide bonds. The monoisotopic (exact) mass is 239 g/mol. The van der Waals surface area contributed by atoms with Gasteiger partial charge in [0.15, 0.2) is 0 Å². The van der Waals surface area contributed by atoms with Crippen molar-refractivity contribution in [2.75, 3.05) is 20.2 Å². The second-order valence-corrected chi connectivity index (χ2v) is 3.70. The Morgan fingerprint density at radius 2 is 2.29 bits per heavy atom. The van der Waals surface area contributed by atoms with E-state index in [4.69, 9.17) is 9.47 Å². The van der Waals surface area contributed by atoms with Gasteiger partial charge in [-0.25, -0.2) is 4.79 Å². The highest BCUT2D eigenvalue weighted by molar-refractivity contribution is 5.84. The molecule has 0 N–H and O–H groups in total. The highest BCUT2D eigenvalue weighted by Gasteiger charge is 2.30. The first-order valence-electron chi connectivity index (χ1n) is 5.46. The number of allylic oxidation sites excluding steroid dienone is 1. The van der Waals surface area contributed by atoms with Crippen molar-refractivity contribution >= 4 is 11.9 Å². The van der Waals surface area contributed by atoms with Crippen molar-refractivity contribution in [1.29, 1.82) is 0 Å². The van der Waals surface area contributed by atoms with Crippen molar-refractivity contribution in [3.8, 4) is 0 Å². The van der Waals surface area contributed by atoms with Crippen LogP contribution in [0.25, 0.3) is 0 Å². The first-order chi connectivity index (χ1) is 8.06. The van der Waals surface area contributed by atoms with E-state index in [1.807, 2.05) is 6.92 Å². The zero-order valence-corrected chi connectivity index (χ0v) is 10.1. The lowest BCUT2D eigenvalue weighted by atomic mass is 10.3. The summed E-state index contributed by atoms with van der Waals surface area (Å²) in [6.07, 6.45) is 2.58. The first kappa shape index (κ1) is 13.3. The van der Waals surface area contributed by atoms with Crippen LogP contribution >= 0.6 is 0 Å². The van der Waals surface area contributed by atoms with E-state index in [0.717, 1.165) is 0 Å². The number of hydrogen-bond acceptors (Lipinski definition) is 4. The number of nitrogens with zero attached hydrogens (tertiary/aromatic N) is 1. The third-order valence-corrected chi connectivity index (χ3v) is 2.51. The molecule has 1 saturated heterocycles. The molecule has 5 nitrogen and oxygen atoms in total. The predicted octanol–water partition coefficient (Wildman–Crippen LogP) is 0.867. The van der Waals surface area contributed by atoms with Crippen LogP contribution in [-0.4, -0.2) is 43.1 Å². The van der Waals surface area contributed by atoms with Gasteiger partial charge in [0.1, 0.15) is 11.9 Å². The largest absolute Gasteiger partial charge is 0.497 e. The summed E-state index contributed by atoms with van der Waals surface area (Å²) >= 11 is 0. The summed E-state index contributed by atoms with van der Waals surface area (Å²) in [5.41, 5.74) is 0. The summed E-state index contributed by atoms with van der Waals surface area (Å²) < 4.78 is 9.89. The number of methoxy groups -OCH3 is 1. The number of rotatable bonds is 5. The van der Waals surface area contributed by atoms with Crippen LogP contribution in [0.2, 0.25) is 0 Å². The van der Waals surface area contributed by atoms with Gasteiger partial charge in [0.2, 0.25) is 5.91 Å². The summed E-state index contributed by atoms with van der Waals surface area (Å²) in [6, 6.07) is 0. The summed E-state index contributed by atoms with van der Waals surface area (Å²) in [5.74, 6) is -0.0887. The Morgan fingerprint density at radius 1 is 1.59 bits per heavy atom. The van der Waals surface area contributed by atoms with Crippen molar-refractivity contribution in [2.24, 2.45) is 0 Å². The summed E-state index contributed by atoms with van der Waals surface area (Å²) in [6.45, 7) is 6.54. The van der Waals surface area contributed by atoms with Gasteiger partial charge in [-0.15, -0.1) is 0 Å². The number of amides is 1. The van der Waals surface area contributed by atoms with Gasteiger partial charge >= 0.3 is 5.97 Å². The average Bonchev–Trinajstić information content (AvgIpc) is 2.66. The van der Waals surface area contributed by atoms with Gasteiger partial charge in [-0.3, -0.25) is 4.79 Å². The number of carbonyl (C=O) groups excluding carboxylic acids is 2. The molecule has 1 fully saturated rings. The Hall–Kier alpha value is -1.78. The molecule has 1 heterocycles. The molecule has 0 aliphatic carbocycles. The van der Waals surface area contributed by atoms with Crippen LogP contribution in [0.15, 0.2) is 24.5 Å². The normalized spacial score (nSPS) is 19.8. The average molecular weight is 239 g/mol. The van der Waals surface area contributed by atoms with Crippen molar-refractivity contribution in [1.82, 2.24) is 4.90 Å². The van der Waals surface area contributed by atoms with Gasteiger partial charge < -0.3 is 14.4 Å². The second kappa shape index (κ2) is 6.08. The molecular weight excluding hydrogens is 222 g/mol. The fourth-order valence-electron chi connectivity index (χ4n) is 1.55. The van der Waals surface area contributed by atoms with Crippen LogP contribution < -0.4 is 0 Å². The van der Waals surface area contributed by atoms with Crippen molar-refractivity contribution in [3.63, 3.8) is 0 Å². The second-order valence-electron chi connectivity index (χ2n) is 3.70. The zero-order chi connectivity index (χ0) is 12.8. The fourth-order valence-corrected chi connectivity index (χ4v) is 1.55. The SMILES string of the molecule is C=C(/C=C/C(=O)OC1CC(=O)N(CC)C1)OC. The number of carbonyl (C=O) groups is 2. The quantitative estimate of drug-likeness (QED) is 0.309. The van der Waals surface area contributed by atoms with E-state index in [2.05, 4.69) is 6.58 Å². The van der Waals surface area contributed by atoms with E-state index >= 15 is 0 Å². The third kappa shape index (κ3) is 3.94. The molecule has 0 aromatic rings. The maximum absolute atomic E-state index is 11.4. The van der Waals surface area contributed by atoms with Gasteiger partial charge in [-0.1, -0.05) is 6.58 Å². The van der Waals surface area contributed by atoms with Crippen molar-refractivity contribution in [2.45, 2.75) is 19.4 Å². The van der Waals surface area contributed by atoms with Crippen molar-refractivity contribution < 1.29 is 19.1 Å². The van der Waals surface area contributed by atoms with E-state index in [1.165, 1.54) is 19.3 Å². The molecule has 1 atom stereocenters. The molecule has 5 heteroatoms. The molecule has 94 valence electrons. The van der Waals surface area contributed by atoms with Crippen LogP contribution in [0.3, 0.4) is 0 Å². The highest BCUT2D eigenvalue weighted by atomic mass is 16.5. The minimum absolute atomic E-state index is 0.0237. The molecule has 0 aromatic heterocycles. The summed E-state index contributed by atoms with van der Waals surface area (Å²) in [7, 11) is 1.47. The Kier molecular flexibility index (Phi) is 4.75. The Labute approximate surface area is 101 Å². The summed E-state index contributed by atoms with van der Waals surface area (Å²) in [4.78, 5) is 24.4. The minimum Gasteiger partial charge on any atom is -0.497 e. The Morgan fingerprint density at radius 3 is 2.82 bits per heavy atom. The molecule has 1 unspecified atom stereocenters. The maximum Gasteiger partial charge on any atom is 0.331 e. The van der Waals surface area contributed by atoms with E-state index < -0.39 is 5.97 Å². The Balaban J connectivity index is 2.40. The molecule has 1 rings (SSSR count). The van der Waals surface area contributed by atoms with Crippen LogP contribution in [0.4, 0.5) is 0 Å². The van der Waals surface area contributed by atoms with E-state index in [0.29, 0.717) is 18.8 Å². The van der Waals surface area contributed by atoms with E-state index in [-0.39, 0.29) is 18.4 Å². The van der Waals surface area contributed by atoms with Gasteiger partial charge in [0.25, 0.3) is 0 Å². The lowest BCUT2D eigenvalue weighted by Gasteiger charge is -2.13. The topological polar surface area (TPSA) is 55.8 Å². The van der Waals surface area contributed by atoms with E-state index in [9.17, 15) is 9.59 Å². The predicted molar refractivity (Wildman–Crippen MR) is 62.0 cm³/mol.